The highest BCUT2D eigenvalue weighted by Gasteiger charge is 2.35. The molecular weight excluding hydrogens is 236 g/mol. The zero-order chi connectivity index (χ0) is 13.1. The van der Waals surface area contributed by atoms with Crippen LogP contribution in [0.2, 0.25) is 0 Å². The Morgan fingerprint density at radius 1 is 1.28 bits per heavy atom. The fourth-order valence-corrected chi connectivity index (χ4v) is 2.09. The molecule has 1 aliphatic rings. The smallest absolute Gasteiger partial charge is 0.255 e. The maximum absolute atomic E-state index is 12.2. The lowest BCUT2D eigenvalue weighted by atomic mass is 10.2. The number of rotatable bonds is 3. The number of hydrogen-bond donors (Lipinski definition) is 1. The largest absolute Gasteiger partial charge is 0.377 e. The number of H-pyrrole nitrogens is 1. The van der Waals surface area contributed by atoms with Crippen molar-refractivity contribution in [2.24, 2.45) is 0 Å². The molecule has 2 atom stereocenters. The Bertz CT molecular complexity index is 453. The summed E-state index contributed by atoms with van der Waals surface area (Å²) in [5, 5.41) is 0. The average Bonchev–Trinajstić information content (AvgIpc) is 2.82. The molecule has 2 unspecified atom stereocenters. The summed E-state index contributed by atoms with van der Waals surface area (Å²) in [6, 6.07) is 2.86. The Morgan fingerprint density at radius 3 is 2.33 bits per heavy atom. The van der Waals surface area contributed by atoms with E-state index in [1.807, 2.05) is 0 Å². The van der Waals surface area contributed by atoms with Gasteiger partial charge in [0.05, 0.1) is 5.56 Å². The molecule has 1 N–H and O–H groups in total. The number of ether oxygens (including phenoxy) is 2. The molecular formula is C12H16N2O4. The summed E-state index contributed by atoms with van der Waals surface area (Å²) in [6.07, 6.45) is 1.20. The molecule has 1 amide bonds. The third-order valence-corrected chi connectivity index (χ3v) is 3.14. The molecule has 0 saturated carbocycles. The van der Waals surface area contributed by atoms with Crippen molar-refractivity contribution < 1.29 is 14.3 Å². The molecule has 98 valence electrons. The van der Waals surface area contributed by atoms with Gasteiger partial charge < -0.3 is 19.4 Å². The number of carbonyl (C=O) groups is 1. The summed E-state index contributed by atoms with van der Waals surface area (Å²) in [6.45, 7) is 0.986. The van der Waals surface area contributed by atoms with Crippen molar-refractivity contribution in [2.75, 3.05) is 27.3 Å². The van der Waals surface area contributed by atoms with Crippen molar-refractivity contribution in [2.45, 2.75) is 12.2 Å². The molecule has 0 spiro atoms. The summed E-state index contributed by atoms with van der Waals surface area (Å²) in [7, 11) is 3.20. The molecule has 0 bridgehead atoms. The van der Waals surface area contributed by atoms with E-state index in [4.69, 9.17) is 9.47 Å². The zero-order valence-electron chi connectivity index (χ0n) is 10.4. The van der Waals surface area contributed by atoms with Gasteiger partial charge in [-0.05, 0) is 6.07 Å². The van der Waals surface area contributed by atoms with Gasteiger partial charge in [-0.3, -0.25) is 9.59 Å². The minimum absolute atomic E-state index is 0.110. The van der Waals surface area contributed by atoms with E-state index in [0.29, 0.717) is 18.7 Å². The van der Waals surface area contributed by atoms with E-state index in [0.717, 1.165) is 0 Å². The lowest BCUT2D eigenvalue weighted by molar-refractivity contribution is -0.00461. The van der Waals surface area contributed by atoms with E-state index in [2.05, 4.69) is 4.98 Å². The van der Waals surface area contributed by atoms with Gasteiger partial charge in [0.15, 0.2) is 0 Å². The van der Waals surface area contributed by atoms with E-state index in [9.17, 15) is 9.59 Å². The second-order valence-corrected chi connectivity index (χ2v) is 4.20. The van der Waals surface area contributed by atoms with Crippen LogP contribution < -0.4 is 5.56 Å². The highest BCUT2D eigenvalue weighted by molar-refractivity contribution is 5.94. The van der Waals surface area contributed by atoms with Gasteiger partial charge in [-0.15, -0.1) is 0 Å². The Hall–Kier alpha value is -1.66. The average molecular weight is 252 g/mol. The Labute approximate surface area is 105 Å². The van der Waals surface area contributed by atoms with E-state index in [-0.39, 0.29) is 23.7 Å². The molecule has 6 heteroatoms. The summed E-state index contributed by atoms with van der Waals surface area (Å²) < 4.78 is 10.5. The summed E-state index contributed by atoms with van der Waals surface area (Å²) in [5.74, 6) is -0.132. The monoisotopic (exact) mass is 252 g/mol. The maximum Gasteiger partial charge on any atom is 0.255 e. The number of pyridine rings is 1. The number of aromatic amines is 1. The summed E-state index contributed by atoms with van der Waals surface area (Å²) >= 11 is 0. The highest BCUT2D eigenvalue weighted by atomic mass is 16.5. The molecule has 1 aromatic heterocycles. The third kappa shape index (κ3) is 2.44. The van der Waals surface area contributed by atoms with E-state index in [1.165, 1.54) is 18.3 Å². The van der Waals surface area contributed by atoms with Crippen LogP contribution in [0.3, 0.4) is 0 Å². The van der Waals surface area contributed by atoms with Gasteiger partial charge in [-0.25, -0.2) is 0 Å². The first kappa shape index (κ1) is 12.8. The first-order chi connectivity index (χ1) is 8.65. The van der Waals surface area contributed by atoms with Crippen molar-refractivity contribution in [1.29, 1.82) is 0 Å². The van der Waals surface area contributed by atoms with Crippen LogP contribution in [0.1, 0.15) is 10.4 Å². The van der Waals surface area contributed by atoms with E-state index >= 15 is 0 Å². The quantitative estimate of drug-likeness (QED) is 0.812. The highest BCUT2D eigenvalue weighted by Crippen LogP contribution is 2.17. The van der Waals surface area contributed by atoms with Crippen LogP contribution in [0.4, 0.5) is 0 Å². The number of carbonyl (C=O) groups excluding carboxylic acids is 1. The Morgan fingerprint density at radius 2 is 1.89 bits per heavy atom. The molecule has 2 rings (SSSR count). The van der Waals surface area contributed by atoms with Gasteiger partial charge in [-0.2, -0.15) is 0 Å². The number of likely N-dealkylation sites (tertiary alicyclic amines) is 1. The minimum Gasteiger partial charge on any atom is -0.377 e. The lowest BCUT2D eigenvalue weighted by Gasteiger charge is -2.15. The van der Waals surface area contributed by atoms with Crippen LogP contribution in [-0.2, 0) is 9.47 Å². The summed E-state index contributed by atoms with van der Waals surface area (Å²) in [5.41, 5.74) is 0.235. The van der Waals surface area contributed by atoms with Crippen LogP contribution in [-0.4, -0.2) is 55.3 Å². The van der Waals surface area contributed by atoms with Gasteiger partial charge in [0.1, 0.15) is 12.2 Å². The van der Waals surface area contributed by atoms with Crippen LogP contribution in [0.25, 0.3) is 0 Å². The molecule has 1 aromatic rings. The summed E-state index contributed by atoms with van der Waals surface area (Å²) in [4.78, 5) is 27.3. The second-order valence-electron chi connectivity index (χ2n) is 4.20. The molecule has 0 aliphatic carbocycles. The number of nitrogens with zero attached hydrogens (tertiary/aromatic N) is 1. The molecule has 1 aliphatic heterocycles. The molecule has 2 heterocycles. The fourth-order valence-electron chi connectivity index (χ4n) is 2.09. The third-order valence-electron chi connectivity index (χ3n) is 3.14. The number of aromatic nitrogens is 1. The standard InChI is InChI=1S/C12H16N2O4/c1-17-9-6-14(7-10(9)18-2)12(16)8-3-4-11(15)13-5-8/h3-5,9-10H,6-7H2,1-2H3,(H,13,15). The molecule has 18 heavy (non-hydrogen) atoms. The van der Waals surface area contributed by atoms with Crippen LogP contribution >= 0.6 is 0 Å². The van der Waals surface area contributed by atoms with Gasteiger partial charge in [0, 0.05) is 39.6 Å². The fraction of sp³-hybridized carbons (Fsp3) is 0.500. The number of hydrogen-bond acceptors (Lipinski definition) is 4. The number of amides is 1. The zero-order valence-corrected chi connectivity index (χ0v) is 10.4. The normalized spacial score (nSPS) is 23.3. The van der Waals surface area contributed by atoms with Gasteiger partial charge in [0.2, 0.25) is 5.56 Å². The topological polar surface area (TPSA) is 71.6 Å². The van der Waals surface area contributed by atoms with Crippen LogP contribution in [0, 0.1) is 0 Å². The van der Waals surface area contributed by atoms with Crippen LogP contribution in [0.5, 0.6) is 0 Å². The van der Waals surface area contributed by atoms with Gasteiger partial charge in [0.25, 0.3) is 5.91 Å². The predicted molar refractivity (Wildman–Crippen MR) is 64.6 cm³/mol. The number of nitrogens with one attached hydrogen (secondary N) is 1. The van der Waals surface area contributed by atoms with Crippen molar-refractivity contribution in [3.63, 3.8) is 0 Å². The molecule has 0 radical (unpaired) electrons. The van der Waals surface area contributed by atoms with Crippen molar-refractivity contribution in [3.05, 3.63) is 34.2 Å². The van der Waals surface area contributed by atoms with Gasteiger partial charge in [-0.1, -0.05) is 0 Å². The second kappa shape index (κ2) is 5.32. The first-order valence-corrected chi connectivity index (χ1v) is 5.69. The Kier molecular flexibility index (Phi) is 3.78. The van der Waals surface area contributed by atoms with Gasteiger partial charge >= 0.3 is 0 Å². The van der Waals surface area contributed by atoms with Crippen molar-refractivity contribution in [1.82, 2.24) is 9.88 Å². The molecule has 1 saturated heterocycles. The van der Waals surface area contributed by atoms with Crippen molar-refractivity contribution in [3.8, 4) is 0 Å². The number of methoxy groups -OCH3 is 2. The first-order valence-electron chi connectivity index (χ1n) is 5.69. The molecule has 0 aromatic carbocycles. The lowest BCUT2D eigenvalue weighted by Crippen LogP contribution is -2.30. The molecule has 1 fully saturated rings. The maximum atomic E-state index is 12.2. The molecule has 6 nitrogen and oxygen atoms in total. The van der Waals surface area contributed by atoms with Crippen LogP contribution in [0.15, 0.2) is 23.1 Å². The minimum atomic E-state index is -0.225. The van der Waals surface area contributed by atoms with E-state index < -0.39 is 0 Å². The van der Waals surface area contributed by atoms with E-state index in [1.54, 1.807) is 19.1 Å². The van der Waals surface area contributed by atoms with Crippen molar-refractivity contribution >= 4 is 5.91 Å². The SMILES string of the molecule is COC1CN(C(=O)c2ccc(=O)[nH]c2)CC1OC. The predicted octanol–water partition coefficient (Wildman–Crippen LogP) is -0.139. The Balaban J connectivity index is 2.11.